The number of nitrogens with zero attached hydrogens (tertiary/aromatic N) is 2. The quantitative estimate of drug-likeness (QED) is 0.250. The summed E-state index contributed by atoms with van der Waals surface area (Å²) in [6.45, 7) is 1.95. The molecule has 2 aromatic carbocycles. The Labute approximate surface area is 240 Å². The van der Waals surface area contributed by atoms with Crippen molar-refractivity contribution >= 4 is 16.9 Å². The number of amides is 1. The Morgan fingerprint density at radius 2 is 1.88 bits per heavy atom. The summed E-state index contributed by atoms with van der Waals surface area (Å²) in [7, 11) is 0. The molecule has 1 saturated heterocycles. The lowest BCUT2D eigenvalue weighted by Crippen LogP contribution is -2.34. The second-order valence-electron chi connectivity index (χ2n) is 10.3. The van der Waals surface area contributed by atoms with E-state index in [-0.39, 0.29) is 24.8 Å². The Balaban J connectivity index is 1.24. The van der Waals surface area contributed by atoms with E-state index in [0.29, 0.717) is 11.3 Å². The Morgan fingerprint density at radius 3 is 2.71 bits per heavy atom. The molecule has 3 N–H and O–H groups in total. The van der Waals surface area contributed by atoms with Gasteiger partial charge in [0.15, 0.2) is 11.6 Å². The summed E-state index contributed by atoms with van der Waals surface area (Å²) in [5, 5.41) is 7.17. The van der Waals surface area contributed by atoms with Crippen LogP contribution in [0.15, 0.2) is 84.0 Å². The second-order valence-corrected chi connectivity index (χ2v) is 10.3. The predicted octanol–water partition coefficient (Wildman–Crippen LogP) is 4.78. The lowest BCUT2D eigenvalue weighted by molar-refractivity contribution is 0.0948. The number of hydrogen-bond donors (Lipinski definition) is 3. The van der Waals surface area contributed by atoms with Crippen LogP contribution in [0, 0.1) is 11.6 Å². The highest BCUT2D eigenvalue weighted by molar-refractivity contribution is 5.94. The van der Waals surface area contributed by atoms with Gasteiger partial charge < -0.3 is 24.9 Å². The number of aromatic nitrogens is 3. The van der Waals surface area contributed by atoms with Crippen LogP contribution in [0.5, 0.6) is 5.75 Å². The van der Waals surface area contributed by atoms with Crippen LogP contribution >= 0.6 is 0 Å². The van der Waals surface area contributed by atoms with E-state index >= 15 is 0 Å². The summed E-state index contributed by atoms with van der Waals surface area (Å²) < 4.78 is 34.6. The third-order valence-corrected chi connectivity index (χ3v) is 7.37. The maximum Gasteiger partial charge on any atom is 0.263 e. The van der Waals surface area contributed by atoms with Crippen molar-refractivity contribution in [3.63, 3.8) is 0 Å². The van der Waals surface area contributed by atoms with Crippen molar-refractivity contribution in [2.75, 3.05) is 13.1 Å². The van der Waals surface area contributed by atoms with Gasteiger partial charge >= 0.3 is 0 Å². The van der Waals surface area contributed by atoms with Crippen molar-refractivity contribution in [2.45, 2.75) is 32.0 Å². The van der Waals surface area contributed by atoms with Crippen molar-refractivity contribution in [2.24, 2.45) is 0 Å². The van der Waals surface area contributed by atoms with Crippen LogP contribution in [0.25, 0.3) is 22.2 Å². The van der Waals surface area contributed by atoms with E-state index in [2.05, 4.69) is 20.6 Å². The Morgan fingerprint density at radius 1 is 1.02 bits per heavy atom. The minimum Gasteiger partial charge on any atom is -0.490 e. The number of halogens is 2. The number of benzene rings is 2. The molecule has 214 valence electrons. The van der Waals surface area contributed by atoms with Crippen LogP contribution < -0.4 is 20.9 Å². The third-order valence-electron chi connectivity index (χ3n) is 7.37. The molecule has 1 aliphatic rings. The number of fused-ring (bicyclic) bond motifs is 1. The normalized spacial score (nSPS) is 13.8. The van der Waals surface area contributed by atoms with E-state index < -0.39 is 23.1 Å². The first-order chi connectivity index (χ1) is 20.4. The molecule has 0 aliphatic carbocycles. The van der Waals surface area contributed by atoms with Crippen molar-refractivity contribution in [1.82, 2.24) is 25.2 Å². The van der Waals surface area contributed by atoms with E-state index in [1.807, 2.05) is 36.5 Å². The number of pyridine rings is 2. The van der Waals surface area contributed by atoms with Gasteiger partial charge in [0, 0.05) is 36.1 Å². The first-order valence-corrected chi connectivity index (χ1v) is 13.8. The molecule has 8 nitrogen and oxygen atoms in total. The van der Waals surface area contributed by atoms with Gasteiger partial charge in [0.05, 0.1) is 6.54 Å². The number of hydrogen-bond acceptors (Lipinski definition) is 5. The molecule has 0 spiro atoms. The van der Waals surface area contributed by atoms with E-state index in [1.165, 1.54) is 22.9 Å². The lowest BCUT2D eigenvalue weighted by atomic mass is 10.0. The fourth-order valence-electron chi connectivity index (χ4n) is 5.23. The van der Waals surface area contributed by atoms with Gasteiger partial charge in [-0.05, 0) is 97.2 Å². The molecule has 0 saturated carbocycles. The predicted molar refractivity (Wildman–Crippen MR) is 155 cm³/mol. The number of rotatable bonds is 8. The fraction of sp³-hybridized carbons (Fsp3) is 0.219. The monoisotopic (exact) mass is 569 g/mol. The number of ether oxygens (including phenoxy) is 1. The maximum absolute atomic E-state index is 13.7. The lowest BCUT2D eigenvalue weighted by Gasteiger charge is -2.24. The molecular formula is C32H29F2N5O3. The van der Waals surface area contributed by atoms with E-state index in [4.69, 9.17) is 4.74 Å². The highest BCUT2D eigenvalue weighted by Crippen LogP contribution is 2.32. The molecule has 3 aromatic heterocycles. The molecule has 1 fully saturated rings. The van der Waals surface area contributed by atoms with E-state index in [1.54, 1.807) is 12.3 Å². The van der Waals surface area contributed by atoms with Gasteiger partial charge in [-0.15, -0.1) is 0 Å². The number of aromatic amines is 1. The number of piperidine rings is 1. The van der Waals surface area contributed by atoms with Gasteiger partial charge in [-0.2, -0.15) is 0 Å². The smallest absolute Gasteiger partial charge is 0.263 e. The van der Waals surface area contributed by atoms with Crippen LogP contribution in [-0.4, -0.2) is 39.6 Å². The molecule has 0 bridgehead atoms. The van der Waals surface area contributed by atoms with Gasteiger partial charge in [-0.1, -0.05) is 6.07 Å². The van der Waals surface area contributed by atoms with Crippen LogP contribution in [-0.2, 0) is 13.1 Å². The minimum atomic E-state index is -0.996. The van der Waals surface area contributed by atoms with E-state index in [0.717, 1.165) is 65.8 Å². The third kappa shape index (κ3) is 5.94. The Hall–Kier alpha value is -4.83. The molecule has 4 heterocycles. The SMILES string of the molecule is O=C(NCc1cc(OC2CCNCC2)cc(-c2c[nH]c3ncccc23)c1)c1cccn(Cc2ccc(F)c(F)c2)c1=O. The standard InChI is InChI=1S/C32H29F2N5O3/c33-28-6-5-20(15-29(28)34)19-39-12-2-4-26(32(39)41)31(40)38-17-21-13-22(27-18-37-30-25(27)3-1-9-36-30)16-24(14-21)42-23-7-10-35-11-8-23/h1-6,9,12-16,18,23,35H,7-8,10-11,17,19H2,(H,36,37)(H,38,40). The van der Waals surface area contributed by atoms with Gasteiger partial charge in [-0.3, -0.25) is 9.59 Å². The van der Waals surface area contributed by atoms with Crippen LogP contribution in [0.2, 0.25) is 0 Å². The summed E-state index contributed by atoms with van der Waals surface area (Å²) >= 11 is 0. The number of carbonyl (C=O) groups is 1. The average molecular weight is 570 g/mol. The Kier molecular flexibility index (Phi) is 7.78. The number of nitrogens with one attached hydrogen (secondary N) is 3. The fourth-order valence-corrected chi connectivity index (χ4v) is 5.23. The second kappa shape index (κ2) is 12.0. The summed E-state index contributed by atoms with van der Waals surface area (Å²) in [5.74, 6) is -1.80. The molecule has 1 aliphatic heterocycles. The molecule has 0 unspecified atom stereocenters. The zero-order chi connectivity index (χ0) is 29.1. The van der Waals surface area contributed by atoms with Crippen LogP contribution in [0.1, 0.15) is 34.3 Å². The molecule has 0 radical (unpaired) electrons. The van der Waals surface area contributed by atoms with Gasteiger partial charge in [0.25, 0.3) is 11.5 Å². The van der Waals surface area contributed by atoms with Gasteiger partial charge in [0.1, 0.15) is 23.1 Å². The van der Waals surface area contributed by atoms with Crippen LogP contribution in [0.3, 0.4) is 0 Å². The summed E-state index contributed by atoms with van der Waals surface area (Å²) in [4.78, 5) is 33.8. The largest absolute Gasteiger partial charge is 0.490 e. The van der Waals surface area contributed by atoms with Gasteiger partial charge in [-0.25, -0.2) is 13.8 Å². The average Bonchev–Trinajstić information content (AvgIpc) is 3.44. The van der Waals surface area contributed by atoms with Crippen molar-refractivity contribution < 1.29 is 18.3 Å². The molecule has 42 heavy (non-hydrogen) atoms. The summed E-state index contributed by atoms with van der Waals surface area (Å²) in [6, 6.07) is 16.2. The zero-order valence-corrected chi connectivity index (χ0v) is 22.7. The summed E-state index contributed by atoms with van der Waals surface area (Å²) in [5.41, 5.74) is 3.28. The molecule has 0 atom stereocenters. The zero-order valence-electron chi connectivity index (χ0n) is 22.7. The van der Waals surface area contributed by atoms with Crippen molar-refractivity contribution in [3.8, 4) is 16.9 Å². The van der Waals surface area contributed by atoms with Gasteiger partial charge in [0.2, 0.25) is 0 Å². The topological polar surface area (TPSA) is 101 Å². The first-order valence-electron chi connectivity index (χ1n) is 13.8. The molecule has 1 amide bonds. The molecular weight excluding hydrogens is 540 g/mol. The first kappa shape index (κ1) is 27.3. The molecule has 10 heteroatoms. The van der Waals surface area contributed by atoms with Crippen molar-refractivity contribution in [3.05, 3.63) is 118 Å². The highest BCUT2D eigenvalue weighted by atomic mass is 19.2. The Bertz CT molecular complexity index is 1810. The number of H-pyrrole nitrogens is 1. The molecule has 5 aromatic rings. The van der Waals surface area contributed by atoms with Crippen LogP contribution in [0.4, 0.5) is 8.78 Å². The van der Waals surface area contributed by atoms with E-state index in [9.17, 15) is 18.4 Å². The van der Waals surface area contributed by atoms with Crippen molar-refractivity contribution in [1.29, 1.82) is 0 Å². The molecule has 6 rings (SSSR count). The highest BCUT2D eigenvalue weighted by Gasteiger charge is 2.18. The maximum atomic E-state index is 13.7. The minimum absolute atomic E-state index is 0.00391. The number of carbonyl (C=O) groups excluding carboxylic acids is 1. The summed E-state index contributed by atoms with van der Waals surface area (Å²) in [6.07, 6.45) is 7.03.